The third-order valence-corrected chi connectivity index (χ3v) is 2.71. The highest BCUT2D eigenvalue weighted by atomic mass is 19.2. The highest BCUT2D eigenvalue weighted by molar-refractivity contribution is 5.30. The topological polar surface area (TPSA) is 38.7 Å². The molecule has 0 fully saturated rings. The number of aryl methyl sites for hydroxylation is 1. The molecule has 1 rings (SSSR count). The van der Waals surface area contributed by atoms with E-state index in [9.17, 15) is 13.9 Å². The molecule has 3 nitrogen and oxygen atoms in total. The number of methoxy groups -OCH3 is 2. The molecule has 5 heteroatoms. The van der Waals surface area contributed by atoms with E-state index >= 15 is 0 Å². The van der Waals surface area contributed by atoms with Gasteiger partial charge in [-0.3, -0.25) is 0 Å². The normalized spacial score (nSPS) is 15.1. The SMILES string of the molecule is COC(OC)C(C)(O)c1ccc(C)c(F)c1F. The molecule has 17 heavy (non-hydrogen) atoms. The van der Waals surface area contributed by atoms with Gasteiger partial charge in [-0.2, -0.15) is 0 Å². The number of aliphatic hydroxyl groups is 1. The Kier molecular flexibility index (Phi) is 4.19. The monoisotopic (exact) mass is 246 g/mol. The summed E-state index contributed by atoms with van der Waals surface area (Å²) in [5.41, 5.74) is -1.80. The number of hydrogen-bond donors (Lipinski definition) is 1. The first-order chi connectivity index (χ1) is 7.86. The van der Waals surface area contributed by atoms with Crippen LogP contribution in [0.1, 0.15) is 18.1 Å². The van der Waals surface area contributed by atoms with Gasteiger partial charge in [-0.25, -0.2) is 8.78 Å². The van der Waals surface area contributed by atoms with E-state index in [0.717, 1.165) is 0 Å². The lowest BCUT2D eigenvalue weighted by Gasteiger charge is -2.31. The Morgan fingerprint density at radius 3 is 2.18 bits per heavy atom. The first-order valence-electron chi connectivity index (χ1n) is 5.09. The maximum Gasteiger partial charge on any atom is 0.189 e. The molecule has 0 heterocycles. The van der Waals surface area contributed by atoms with E-state index in [2.05, 4.69) is 0 Å². The van der Waals surface area contributed by atoms with Crippen molar-refractivity contribution >= 4 is 0 Å². The smallest absolute Gasteiger partial charge is 0.189 e. The predicted molar refractivity (Wildman–Crippen MR) is 58.5 cm³/mol. The van der Waals surface area contributed by atoms with Crippen LogP contribution in [0.5, 0.6) is 0 Å². The number of ether oxygens (including phenoxy) is 2. The third kappa shape index (κ3) is 2.46. The Balaban J connectivity index is 3.28. The molecule has 1 aromatic rings. The minimum Gasteiger partial charge on any atom is -0.380 e. The van der Waals surface area contributed by atoms with E-state index in [1.165, 1.54) is 40.2 Å². The second-order valence-electron chi connectivity index (χ2n) is 4.01. The van der Waals surface area contributed by atoms with Crippen LogP contribution in [-0.4, -0.2) is 25.6 Å². The van der Waals surface area contributed by atoms with Crippen LogP contribution in [0.2, 0.25) is 0 Å². The summed E-state index contributed by atoms with van der Waals surface area (Å²) < 4.78 is 36.9. The zero-order valence-corrected chi connectivity index (χ0v) is 10.3. The molecule has 0 aliphatic heterocycles. The van der Waals surface area contributed by atoms with E-state index < -0.39 is 23.5 Å². The molecule has 1 aromatic carbocycles. The molecule has 96 valence electrons. The minimum atomic E-state index is -1.78. The van der Waals surface area contributed by atoms with Crippen LogP contribution in [0.3, 0.4) is 0 Å². The fourth-order valence-corrected chi connectivity index (χ4v) is 1.72. The van der Waals surface area contributed by atoms with Crippen molar-refractivity contribution < 1.29 is 23.4 Å². The Bertz CT molecular complexity index is 401. The van der Waals surface area contributed by atoms with Crippen molar-refractivity contribution in [2.75, 3.05) is 14.2 Å². The Labute approximate surface area is 99.0 Å². The first-order valence-corrected chi connectivity index (χ1v) is 5.09. The molecule has 0 amide bonds. The van der Waals surface area contributed by atoms with Crippen LogP contribution in [0.25, 0.3) is 0 Å². The summed E-state index contributed by atoms with van der Waals surface area (Å²) in [6, 6.07) is 2.71. The summed E-state index contributed by atoms with van der Waals surface area (Å²) >= 11 is 0. The van der Waals surface area contributed by atoms with E-state index in [0.29, 0.717) is 0 Å². The van der Waals surface area contributed by atoms with E-state index in [1.54, 1.807) is 0 Å². The van der Waals surface area contributed by atoms with Crippen molar-refractivity contribution in [3.8, 4) is 0 Å². The summed E-state index contributed by atoms with van der Waals surface area (Å²) in [7, 11) is 2.62. The van der Waals surface area contributed by atoms with Crippen molar-refractivity contribution in [3.05, 3.63) is 34.9 Å². The largest absolute Gasteiger partial charge is 0.380 e. The van der Waals surface area contributed by atoms with Crippen LogP contribution < -0.4 is 0 Å². The summed E-state index contributed by atoms with van der Waals surface area (Å²) in [5.74, 6) is -2.07. The van der Waals surface area contributed by atoms with Gasteiger partial charge in [0.05, 0.1) is 0 Å². The summed E-state index contributed by atoms with van der Waals surface area (Å²) in [5, 5.41) is 10.2. The maximum absolute atomic E-state index is 13.7. The fourth-order valence-electron chi connectivity index (χ4n) is 1.72. The molecular weight excluding hydrogens is 230 g/mol. The van der Waals surface area contributed by atoms with Crippen LogP contribution in [-0.2, 0) is 15.1 Å². The van der Waals surface area contributed by atoms with Crippen molar-refractivity contribution in [2.45, 2.75) is 25.7 Å². The lowest BCUT2D eigenvalue weighted by Crippen LogP contribution is -2.40. The lowest BCUT2D eigenvalue weighted by atomic mass is 9.93. The van der Waals surface area contributed by atoms with Gasteiger partial charge in [0.1, 0.15) is 5.60 Å². The van der Waals surface area contributed by atoms with Crippen LogP contribution in [0, 0.1) is 18.6 Å². The molecule has 0 aromatic heterocycles. The van der Waals surface area contributed by atoms with Gasteiger partial charge in [0.15, 0.2) is 17.9 Å². The van der Waals surface area contributed by atoms with Crippen LogP contribution in [0.4, 0.5) is 8.78 Å². The molecule has 1 atom stereocenters. The molecule has 1 unspecified atom stereocenters. The van der Waals surface area contributed by atoms with Crippen molar-refractivity contribution in [1.82, 2.24) is 0 Å². The van der Waals surface area contributed by atoms with E-state index in [1.807, 2.05) is 0 Å². The second-order valence-corrected chi connectivity index (χ2v) is 4.01. The second kappa shape index (κ2) is 5.08. The van der Waals surface area contributed by atoms with Crippen molar-refractivity contribution in [2.24, 2.45) is 0 Å². The van der Waals surface area contributed by atoms with Gasteiger partial charge in [-0.05, 0) is 19.4 Å². The summed E-state index contributed by atoms with van der Waals surface area (Å²) in [6.07, 6.45) is -1.08. The van der Waals surface area contributed by atoms with Gasteiger partial charge in [0, 0.05) is 19.8 Å². The molecule has 0 bridgehead atoms. The standard InChI is InChI=1S/C12H16F2O3/c1-7-5-6-8(10(14)9(7)13)12(2,15)11(16-3)17-4/h5-6,11,15H,1-4H3. The molecule has 0 saturated heterocycles. The average molecular weight is 246 g/mol. The Hall–Kier alpha value is -1.04. The van der Waals surface area contributed by atoms with Gasteiger partial charge in [0.25, 0.3) is 0 Å². The highest BCUT2D eigenvalue weighted by Crippen LogP contribution is 2.30. The van der Waals surface area contributed by atoms with Gasteiger partial charge < -0.3 is 14.6 Å². The average Bonchev–Trinajstić information content (AvgIpc) is 2.27. The van der Waals surface area contributed by atoms with E-state index in [-0.39, 0.29) is 11.1 Å². The Morgan fingerprint density at radius 2 is 1.71 bits per heavy atom. The molecule has 0 spiro atoms. The van der Waals surface area contributed by atoms with E-state index in [4.69, 9.17) is 9.47 Å². The van der Waals surface area contributed by atoms with Crippen LogP contribution in [0.15, 0.2) is 12.1 Å². The molecule has 0 radical (unpaired) electrons. The number of rotatable bonds is 4. The molecule has 0 aliphatic rings. The molecule has 0 saturated carbocycles. The number of halogens is 2. The summed E-state index contributed by atoms with van der Waals surface area (Å²) in [6.45, 7) is 2.75. The Morgan fingerprint density at radius 1 is 1.18 bits per heavy atom. The zero-order valence-electron chi connectivity index (χ0n) is 10.3. The van der Waals surface area contributed by atoms with Gasteiger partial charge in [0.2, 0.25) is 0 Å². The molecular formula is C12H16F2O3. The maximum atomic E-state index is 13.7. The highest BCUT2D eigenvalue weighted by Gasteiger charge is 2.37. The third-order valence-electron chi connectivity index (χ3n) is 2.71. The van der Waals surface area contributed by atoms with Gasteiger partial charge in [-0.15, -0.1) is 0 Å². The quantitative estimate of drug-likeness (QED) is 0.827. The van der Waals surface area contributed by atoms with Crippen molar-refractivity contribution in [3.63, 3.8) is 0 Å². The number of benzene rings is 1. The molecule has 0 aliphatic carbocycles. The number of hydrogen-bond acceptors (Lipinski definition) is 3. The minimum absolute atomic E-state index is 0.174. The predicted octanol–water partition coefficient (Wildman–Crippen LogP) is 2.10. The summed E-state index contributed by atoms with van der Waals surface area (Å²) in [4.78, 5) is 0. The molecule has 1 N–H and O–H groups in total. The van der Waals surface area contributed by atoms with Crippen LogP contribution >= 0.6 is 0 Å². The van der Waals surface area contributed by atoms with Gasteiger partial charge >= 0.3 is 0 Å². The first kappa shape index (κ1) is 14.0. The fraction of sp³-hybridized carbons (Fsp3) is 0.500. The zero-order chi connectivity index (χ0) is 13.2. The van der Waals surface area contributed by atoms with Crippen molar-refractivity contribution in [1.29, 1.82) is 0 Å². The lowest BCUT2D eigenvalue weighted by molar-refractivity contribution is -0.214. The van der Waals surface area contributed by atoms with Gasteiger partial charge in [-0.1, -0.05) is 12.1 Å².